The van der Waals surface area contributed by atoms with Crippen LogP contribution in [0.3, 0.4) is 0 Å². The number of nitrogens with one attached hydrogen (secondary N) is 1. The molecule has 4 heteroatoms. The highest BCUT2D eigenvalue weighted by Gasteiger charge is 2.31. The molecule has 0 radical (unpaired) electrons. The minimum atomic E-state index is -0.225. The normalized spacial score (nSPS) is 21.4. The van der Waals surface area contributed by atoms with Gasteiger partial charge in [-0.15, -0.1) is 0 Å². The van der Waals surface area contributed by atoms with Crippen LogP contribution >= 0.6 is 31.9 Å². The van der Waals surface area contributed by atoms with Crippen molar-refractivity contribution in [3.63, 3.8) is 0 Å². The molecule has 0 bridgehead atoms. The Kier molecular flexibility index (Phi) is 4.13. The molecule has 0 spiro atoms. The topological polar surface area (TPSA) is 12.0 Å². The highest BCUT2D eigenvalue weighted by Crippen LogP contribution is 2.41. The first-order chi connectivity index (χ1) is 9.63. The van der Waals surface area contributed by atoms with E-state index in [4.69, 9.17) is 0 Å². The van der Waals surface area contributed by atoms with E-state index >= 15 is 0 Å². The second kappa shape index (κ2) is 5.86. The van der Waals surface area contributed by atoms with Crippen molar-refractivity contribution in [2.75, 3.05) is 5.32 Å². The smallest absolute Gasteiger partial charge is 0.139 e. The molecule has 0 amide bonds. The summed E-state index contributed by atoms with van der Waals surface area (Å²) in [5.74, 6) is 0.361. The molecule has 0 unspecified atom stereocenters. The van der Waals surface area contributed by atoms with Crippen LogP contribution in [-0.2, 0) is 0 Å². The van der Waals surface area contributed by atoms with Gasteiger partial charge in [-0.1, -0.05) is 34.1 Å². The Labute approximate surface area is 134 Å². The van der Waals surface area contributed by atoms with E-state index in [1.807, 2.05) is 12.1 Å². The zero-order chi connectivity index (χ0) is 14.1. The molecule has 0 heterocycles. The van der Waals surface area contributed by atoms with E-state index in [0.29, 0.717) is 16.4 Å². The fraction of sp³-hybridized carbons (Fsp3) is 0.250. The van der Waals surface area contributed by atoms with Crippen molar-refractivity contribution < 1.29 is 4.39 Å². The highest BCUT2D eigenvalue weighted by atomic mass is 79.9. The molecule has 1 fully saturated rings. The summed E-state index contributed by atoms with van der Waals surface area (Å²) in [4.78, 5) is 0. The lowest BCUT2D eigenvalue weighted by Crippen LogP contribution is -2.34. The van der Waals surface area contributed by atoms with E-state index in [9.17, 15) is 4.39 Å². The van der Waals surface area contributed by atoms with Crippen molar-refractivity contribution in [1.82, 2.24) is 0 Å². The van der Waals surface area contributed by atoms with E-state index < -0.39 is 0 Å². The van der Waals surface area contributed by atoms with E-state index in [1.165, 1.54) is 16.1 Å². The Morgan fingerprint density at radius 1 is 1.00 bits per heavy atom. The van der Waals surface area contributed by atoms with Crippen molar-refractivity contribution in [3.05, 3.63) is 62.8 Å². The Balaban J connectivity index is 1.61. The summed E-state index contributed by atoms with van der Waals surface area (Å²) in [7, 11) is 0. The van der Waals surface area contributed by atoms with Gasteiger partial charge in [0.15, 0.2) is 0 Å². The van der Waals surface area contributed by atoms with Gasteiger partial charge < -0.3 is 5.32 Å². The lowest BCUT2D eigenvalue weighted by molar-refractivity contribution is 0.373. The first-order valence-electron chi connectivity index (χ1n) is 6.59. The molecule has 1 nitrogen and oxygen atoms in total. The average Bonchev–Trinajstić information content (AvgIpc) is 2.39. The summed E-state index contributed by atoms with van der Waals surface area (Å²) in [6, 6.07) is 14.0. The standard InChI is InChI=1S/C16H14Br2FN/c17-14-4-2-1-3-13(14)10-7-12(8-10)20-11-5-6-15(18)16(19)9-11/h1-6,9-10,12,20H,7-8H2. The lowest BCUT2D eigenvalue weighted by Gasteiger charge is -2.37. The first-order valence-corrected chi connectivity index (χ1v) is 8.18. The molecule has 1 aliphatic rings. The molecule has 1 aliphatic carbocycles. The van der Waals surface area contributed by atoms with Gasteiger partial charge in [0.25, 0.3) is 0 Å². The van der Waals surface area contributed by atoms with Crippen LogP contribution in [0.1, 0.15) is 24.3 Å². The van der Waals surface area contributed by atoms with Gasteiger partial charge in [0.1, 0.15) is 5.82 Å². The van der Waals surface area contributed by atoms with Gasteiger partial charge in [-0.2, -0.15) is 0 Å². The fourth-order valence-electron chi connectivity index (χ4n) is 2.62. The summed E-state index contributed by atoms with van der Waals surface area (Å²) >= 11 is 6.77. The van der Waals surface area contributed by atoms with Crippen LogP contribution in [0.5, 0.6) is 0 Å². The second-order valence-electron chi connectivity index (χ2n) is 5.16. The zero-order valence-electron chi connectivity index (χ0n) is 10.7. The Hall–Kier alpha value is -0.870. The fourth-order valence-corrected chi connectivity index (χ4v) is 3.47. The summed E-state index contributed by atoms with van der Waals surface area (Å²) in [5.41, 5.74) is 2.22. The zero-order valence-corrected chi connectivity index (χ0v) is 13.9. The monoisotopic (exact) mass is 397 g/mol. The molecule has 3 rings (SSSR count). The number of rotatable bonds is 3. The van der Waals surface area contributed by atoms with E-state index in [2.05, 4.69) is 55.4 Å². The summed E-state index contributed by atoms with van der Waals surface area (Å²) in [6.07, 6.45) is 2.17. The molecule has 0 aromatic heterocycles. The molecule has 2 aromatic rings. The van der Waals surface area contributed by atoms with Crippen LogP contribution < -0.4 is 5.32 Å². The SMILES string of the molecule is Fc1cc(NC2CC(c3ccccc3Br)C2)ccc1Br. The predicted octanol–water partition coefficient (Wildman–Crippen LogP) is 5.71. The third-order valence-corrected chi connectivity index (χ3v) is 5.14. The van der Waals surface area contributed by atoms with Crippen molar-refractivity contribution in [2.45, 2.75) is 24.8 Å². The predicted molar refractivity (Wildman–Crippen MR) is 87.6 cm³/mol. The average molecular weight is 399 g/mol. The van der Waals surface area contributed by atoms with Crippen LogP contribution in [0, 0.1) is 5.82 Å². The Morgan fingerprint density at radius 3 is 2.45 bits per heavy atom. The number of hydrogen-bond donors (Lipinski definition) is 1. The Morgan fingerprint density at radius 2 is 1.75 bits per heavy atom. The molecule has 1 saturated carbocycles. The summed E-state index contributed by atoms with van der Waals surface area (Å²) < 4.78 is 15.1. The van der Waals surface area contributed by atoms with Gasteiger partial charge in [-0.3, -0.25) is 0 Å². The van der Waals surface area contributed by atoms with Crippen LogP contribution in [0.25, 0.3) is 0 Å². The number of halogens is 3. The minimum absolute atomic E-state index is 0.225. The van der Waals surface area contributed by atoms with Gasteiger partial charge in [0.2, 0.25) is 0 Å². The molecule has 104 valence electrons. The molecule has 2 aromatic carbocycles. The molecule has 0 aliphatic heterocycles. The molecule has 0 atom stereocenters. The van der Waals surface area contributed by atoms with E-state index in [0.717, 1.165) is 18.5 Å². The minimum Gasteiger partial charge on any atom is -0.382 e. The number of benzene rings is 2. The maximum Gasteiger partial charge on any atom is 0.139 e. The van der Waals surface area contributed by atoms with Crippen LogP contribution in [0.2, 0.25) is 0 Å². The largest absolute Gasteiger partial charge is 0.382 e. The maximum absolute atomic E-state index is 13.5. The summed E-state index contributed by atoms with van der Waals surface area (Å²) in [5, 5.41) is 3.39. The molecule has 0 saturated heterocycles. The van der Waals surface area contributed by atoms with Gasteiger partial charge in [-0.25, -0.2) is 4.39 Å². The van der Waals surface area contributed by atoms with Gasteiger partial charge >= 0.3 is 0 Å². The number of anilines is 1. The van der Waals surface area contributed by atoms with Crippen molar-refractivity contribution >= 4 is 37.5 Å². The van der Waals surface area contributed by atoms with Gasteiger partial charge in [-0.05, 0) is 64.5 Å². The number of hydrogen-bond acceptors (Lipinski definition) is 1. The Bertz CT molecular complexity index is 624. The third kappa shape index (κ3) is 2.91. The lowest BCUT2D eigenvalue weighted by atomic mass is 9.76. The van der Waals surface area contributed by atoms with Crippen LogP contribution in [0.15, 0.2) is 51.4 Å². The van der Waals surface area contributed by atoms with Crippen LogP contribution in [0.4, 0.5) is 10.1 Å². The van der Waals surface area contributed by atoms with Gasteiger partial charge in [0.05, 0.1) is 4.47 Å². The van der Waals surface area contributed by atoms with Crippen molar-refractivity contribution in [3.8, 4) is 0 Å². The second-order valence-corrected chi connectivity index (χ2v) is 6.87. The van der Waals surface area contributed by atoms with E-state index in [1.54, 1.807) is 6.07 Å². The maximum atomic E-state index is 13.5. The quantitative estimate of drug-likeness (QED) is 0.698. The van der Waals surface area contributed by atoms with Crippen molar-refractivity contribution in [2.24, 2.45) is 0 Å². The van der Waals surface area contributed by atoms with Gasteiger partial charge in [0, 0.05) is 16.2 Å². The molecular formula is C16H14Br2FN. The highest BCUT2D eigenvalue weighted by molar-refractivity contribution is 9.10. The first kappa shape index (κ1) is 14.1. The third-order valence-electron chi connectivity index (χ3n) is 3.77. The van der Waals surface area contributed by atoms with Crippen molar-refractivity contribution in [1.29, 1.82) is 0 Å². The van der Waals surface area contributed by atoms with E-state index in [-0.39, 0.29) is 5.82 Å². The van der Waals surface area contributed by atoms with Crippen LogP contribution in [-0.4, -0.2) is 6.04 Å². The molecule has 1 N–H and O–H groups in total. The molecule has 20 heavy (non-hydrogen) atoms. The summed E-state index contributed by atoms with van der Waals surface area (Å²) in [6.45, 7) is 0. The molecular weight excluding hydrogens is 385 g/mol.